The van der Waals surface area contributed by atoms with Crippen LogP contribution < -0.4 is 14.8 Å². The van der Waals surface area contributed by atoms with E-state index in [9.17, 15) is 9.59 Å². The topological polar surface area (TPSA) is 93.7 Å². The van der Waals surface area contributed by atoms with Crippen LogP contribution in [0.1, 0.15) is 33.7 Å². The Kier molecular flexibility index (Phi) is 5.85. The highest BCUT2D eigenvalue weighted by molar-refractivity contribution is 6.00. The van der Waals surface area contributed by atoms with Crippen LogP contribution in [0.2, 0.25) is 0 Å². The zero-order valence-electron chi connectivity index (χ0n) is 15.3. The molecule has 0 atom stereocenters. The lowest BCUT2D eigenvalue weighted by Gasteiger charge is -2.32. The summed E-state index contributed by atoms with van der Waals surface area (Å²) >= 11 is 0. The van der Waals surface area contributed by atoms with Crippen molar-refractivity contribution in [3.8, 4) is 11.5 Å². The van der Waals surface area contributed by atoms with Crippen LogP contribution in [0.3, 0.4) is 0 Å². The van der Waals surface area contributed by atoms with E-state index in [1.807, 2.05) is 0 Å². The van der Waals surface area contributed by atoms with E-state index in [-0.39, 0.29) is 17.9 Å². The Morgan fingerprint density at radius 1 is 1.11 bits per heavy atom. The van der Waals surface area contributed by atoms with Crippen LogP contribution in [0.15, 0.2) is 36.8 Å². The SMILES string of the molecule is COc1cccc(OC)c1C(=O)NC1CCN(C(=O)c2cnccn2)CC1. The fraction of sp³-hybridized carbons (Fsp3) is 0.368. The van der Waals surface area contributed by atoms with Crippen LogP contribution in [0.4, 0.5) is 0 Å². The fourth-order valence-electron chi connectivity index (χ4n) is 3.13. The standard InChI is InChI=1S/C19H22N4O4/c1-26-15-4-3-5-16(27-2)17(15)18(24)22-13-6-10-23(11-7-13)19(25)14-12-20-8-9-21-14/h3-5,8-9,12-13H,6-7,10-11H2,1-2H3,(H,22,24). The number of rotatable bonds is 5. The van der Waals surface area contributed by atoms with Gasteiger partial charge in [0.2, 0.25) is 0 Å². The molecule has 2 heterocycles. The molecule has 0 unspecified atom stereocenters. The molecule has 1 aliphatic heterocycles. The number of nitrogens with one attached hydrogen (secondary N) is 1. The average molecular weight is 370 g/mol. The van der Waals surface area contributed by atoms with Crippen LogP contribution >= 0.6 is 0 Å². The van der Waals surface area contributed by atoms with Gasteiger partial charge in [-0.25, -0.2) is 4.98 Å². The number of carbonyl (C=O) groups is 2. The zero-order valence-corrected chi connectivity index (χ0v) is 15.3. The first-order chi connectivity index (χ1) is 13.1. The van der Waals surface area contributed by atoms with Gasteiger partial charge in [-0.1, -0.05) is 6.07 Å². The van der Waals surface area contributed by atoms with Crippen LogP contribution in [-0.4, -0.2) is 60.0 Å². The number of hydrogen-bond donors (Lipinski definition) is 1. The summed E-state index contributed by atoms with van der Waals surface area (Å²) in [6.07, 6.45) is 5.82. The number of amides is 2. The van der Waals surface area contributed by atoms with E-state index in [0.717, 1.165) is 0 Å². The van der Waals surface area contributed by atoms with E-state index in [4.69, 9.17) is 9.47 Å². The van der Waals surface area contributed by atoms with E-state index >= 15 is 0 Å². The molecule has 3 rings (SSSR count). The van der Waals surface area contributed by atoms with Gasteiger partial charge in [0.25, 0.3) is 11.8 Å². The van der Waals surface area contributed by atoms with Gasteiger partial charge in [0.1, 0.15) is 22.8 Å². The first kappa shape index (κ1) is 18.6. The predicted molar refractivity (Wildman–Crippen MR) is 98.0 cm³/mol. The predicted octanol–water partition coefficient (Wildman–Crippen LogP) is 1.53. The highest BCUT2D eigenvalue weighted by Gasteiger charge is 2.27. The van der Waals surface area contributed by atoms with Crippen molar-refractivity contribution in [2.45, 2.75) is 18.9 Å². The highest BCUT2D eigenvalue weighted by atomic mass is 16.5. The van der Waals surface area contributed by atoms with Crippen molar-refractivity contribution in [3.05, 3.63) is 48.0 Å². The van der Waals surface area contributed by atoms with E-state index in [2.05, 4.69) is 15.3 Å². The van der Waals surface area contributed by atoms with E-state index in [1.54, 1.807) is 23.1 Å². The lowest BCUT2D eigenvalue weighted by molar-refractivity contribution is 0.0691. The van der Waals surface area contributed by atoms with Gasteiger partial charge in [-0.2, -0.15) is 0 Å². The van der Waals surface area contributed by atoms with Crippen molar-refractivity contribution in [1.82, 2.24) is 20.2 Å². The molecule has 2 aromatic rings. The van der Waals surface area contributed by atoms with E-state index in [1.165, 1.54) is 32.8 Å². The van der Waals surface area contributed by atoms with Crippen molar-refractivity contribution in [1.29, 1.82) is 0 Å². The Bertz CT molecular complexity index is 782. The van der Waals surface area contributed by atoms with Gasteiger partial charge in [-0.05, 0) is 25.0 Å². The Balaban J connectivity index is 1.61. The van der Waals surface area contributed by atoms with Gasteiger partial charge >= 0.3 is 0 Å². The molecule has 2 amide bonds. The minimum Gasteiger partial charge on any atom is -0.496 e. The second-order valence-corrected chi connectivity index (χ2v) is 6.17. The van der Waals surface area contributed by atoms with Crippen molar-refractivity contribution in [3.63, 3.8) is 0 Å². The molecule has 1 aliphatic rings. The number of methoxy groups -OCH3 is 2. The molecule has 8 heteroatoms. The summed E-state index contributed by atoms with van der Waals surface area (Å²) in [6, 6.07) is 5.18. The number of benzene rings is 1. The molecule has 0 bridgehead atoms. The lowest BCUT2D eigenvalue weighted by atomic mass is 10.0. The third-order valence-electron chi connectivity index (χ3n) is 4.55. The largest absolute Gasteiger partial charge is 0.496 e. The first-order valence-corrected chi connectivity index (χ1v) is 8.71. The Morgan fingerprint density at radius 2 is 1.78 bits per heavy atom. The number of likely N-dealkylation sites (tertiary alicyclic amines) is 1. The highest BCUT2D eigenvalue weighted by Crippen LogP contribution is 2.28. The maximum atomic E-state index is 12.7. The molecule has 1 N–H and O–H groups in total. The van der Waals surface area contributed by atoms with Crippen molar-refractivity contribution in [2.75, 3.05) is 27.3 Å². The third kappa shape index (κ3) is 4.16. The Morgan fingerprint density at radius 3 is 2.33 bits per heavy atom. The number of aromatic nitrogens is 2. The van der Waals surface area contributed by atoms with E-state index in [0.29, 0.717) is 48.7 Å². The minimum absolute atomic E-state index is 0.0296. The molecule has 8 nitrogen and oxygen atoms in total. The summed E-state index contributed by atoms with van der Waals surface area (Å²) in [5, 5.41) is 3.02. The molecule has 0 radical (unpaired) electrons. The van der Waals surface area contributed by atoms with Crippen molar-refractivity contribution < 1.29 is 19.1 Å². The van der Waals surface area contributed by atoms with Gasteiger partial charge in [-0.3, -0.25) is 14.6 Å². The zero-order chi connectivity index (χ0) is 19.2. The van der Waals surface area contributed by atoms with E-state index < -0.39 is 0 Å². The molecule has 0 spiro atoms. The molecule has 27 heavy (non-hydrogen) atoms. The Hall–Kier alpha value is -3.16. The van der Waals surface area contributed by atoms with Crippen molar-refractivity contribution in [2.24, 2.45) is 0 Å². The van der Waals surface area contributed by atoms with Crippen LogP contribution in [0.5, 0.6) is 11.5 Å². The summed E-state index contributed by atoms with van der Waals surface area (Å²) in [7, 11) is 3.03. The first-order valence-electron chi connectivity index (χ1n) is 8.71. The number of carbonyl (C=O) groups excluding carboxylic acids is 2. The minimum atomic E-state index is -0.247. The molecule has 1 saturated heterocycles. The summed E-state index contributed by atoms with van der Waals surface area (Å²) in [4.78, 5) is 34.9. The summed E-state index contributed by atoms with van der Waals surface area (Å²) in [5.74, 6) is 0.534. The quantitative estimate of drug-likeness (QED) is 0.858. The lowest BCUT2D eigenvalue weighted by Crippen LogP contribution is -2.46. The summed E-state index contributed by atoms with van der Waals surface area (Å²) in [6.45, 7) is 1.09. The Labute approximate surface area is 157 Å². The maximum Gasteiger partial charge on any atom is 0.274 e. The van der Waals surface area contributed by atoms with Crippen LogP contribution in [-0.2, 0) is 0 Å². The fourth-order valence-corrected chi connectivity index (χ4v) is 3.13. The van der Waals surface area contributed by atoms with Crippen LogP contribution in [0.25, 0.3) is 0 Å². The smallest absolute Gasteiger partial charge is 0.274 e. The average Bonchev–Trinajstić information content (AvgIpc) is 2.73. The summed E-state index contributed by atoms with van der Waals surface area (Å²) < 4.78 is 10.6. The molecule has 1 fully saturated rings. The monoisotopic (exact) mass is 370 g/mol. The molecular weight excluding hydrogens is 348 g/mol. The summed E-state index contributed by atoms with van der Waals surface area (Å²) in [5.41, 5.74) is 0.708. The van der Waals surface area contributed by atoms with Crippen molar-refractivity contribution >= 4 is 11.8 Å². The number of hydrogen-bond acceptors (Lipinski definition) is 6. The molecule has 1 aromatic heterocycles. The molecule has 142 valence electrons. The second-order valence-electron chi connectivity index (χ2n) is 6.17. The number of nitrogens with zero attached hydrogens (tertiary/aromatic N) is 3. The van der Waals surface area contributed by atoms with Gasteiger partial charge in [0, 0.05) is 31.5 Å². The normalized spacial score (nSPS) is 14.5. The second kappa shape index (κ2) is 8.48. The van der Waals surface area contributed by atoms with Gasteiger partial charge in [-0.15, -0.1) is 0 Å². The van der Waals surface area contributed by atoms with Gasteiger partial charge in [0.05, 0.1) is 20.4 Å². The third-order valence-corrected chi connectivity index (χ3v) is 4.55. The molecule has 1 aromatic carbocycles. The number of piperidine rings is 1. The molecule has 0 saturated carbocycles. The maximum absolute atomic E-state index is 12.7. The molecular formula is C19H22N4O4. The van der Waals surface area contributed by atoms with Gasteiger partial charge in [0.15, 0.2) is 0 Å². The van der Waals surface area contributed by atoms with Crippen LogP contribution in [0, 0.1) is 0 Å². The van der Waals surface area contributed by atoms with Gasteiger partial charge < -0.3 is 19.7 Å². The molecule has 0 aliphatic carbocycles. The number of ether oxygens (including phenoxy) is 2.